The molecule has 0 fully saturated rings. The summed E-state index contributed by atoms with van der Waals surface area (Å²) in [6, 6.07) is 5.90. The molecule has 0 N–H and O–H groups in total. The highest BCUT2D eigenvalue weighted by Gasteiger charge is 2.22. The zero-order chi connectivity index (χ0) is 10.8. The van der Waals surface area contributed by atoms with Crippen molar-refractivity contribution in [3.63, 3.8) is 0 Å². The van der Waals surface area contributed by atoms with Crippen LogP contribution in [0.2, 0.25) is 0 Å². The fraction of sp³-hybridized carbons (Fsp3) is 0.250. The molecule has 1 aromatic rings. The maximum Gasteiger partial charge on any atom is 0.252 e. The van der Waals surface area contributed by atoms with Gasteiger partial charge in [0.15, 0.2) is 9.84 Å². The number of hydrogen-bond acceptors (Lipinski definition) is 2. The molecular weight excluding hydrogens is 278 g/mol. The van der Waals surface area contributed by atoms with Crippen LogP contribution in [0.5, 0.6) is 0 Å². The number of hydrogen-bond donors (Lipinski definition) is 0. The SMILES string of the molecule is O=S(=O)(CC(F)F)c1ccccc1Br. The van der Waals surface area contributed by atoms with Crippen LogP contribution >= 0.6 is 15.9 Å². The molecule has 0 aliphatic heterocycles. The molecule has 0 spiro atoms. The molecule has 0 radical (unpaired) electrons. The third-order valence-electron chi connectivity index (χ3n) is 1.52. The lowest BCUT2D eigenvalue weighted by Gasteiger charge is -2.05. The molecule has 6 heteroatoms. The molecule has 0 aliphatic rings. The second kappa shape index (κ2) is 4.35. The number of sulfone groups is 1. The smallest absolute Gasteiger partial charge is 0.223 e. The topological polar surface area (TPSA) is 34.1 Å². The second-order valence-electron chi connectivity index (χ2n) is 2.60. The Morgan fingerprint density at radius 2 is 1.86 bits per heavy atom. The van der Waals surface area contributed by atoms with Crippen molar-refractivity contribution in [3.8, 4) is 0 Å². The van der Waals surface area contributed by atoms with Gasteiger partial charge < -0.3 is 0 Å². The van der Waals surface area contributed by atoms with Gasteiger partial charge in [0, 0.05) is 4.47 Å². The van der Waals surface area contributed by atoms with Crippen molar-refractivity contribution in [2.24, 2.45) is 0 Å². The molecule has 0 saturated carbocycles. The summed E-state index contributed by atoms with van der Waals surface area (Å²) in [5.41, 5.74) is 0. The van der Waals surface area contributed by atoms with Crippen molar-refractivity contribution in [2.45, 2.75) is 11.3 Å². The van der Waals surface area contributed by atoms with Crippen molar-refractivity contribution >= 4 is 25.8 Å². The van der Waals surface area contributed by atoms with E-state index in [9.17, 15) is 17.2 Å². The first kappa shape index (κ1) is 11.6. The Morgan fingerprint density at radius 3 is 2.36 bits per heavy atom. The number of halogens is 3. The van der Waals surface area contributed by atoms with E-state index in [4.69, 9.17) is 0 Å². The minimum atomic E-state index is -3.89. The van der Waals surface area contributed by atoms with Gasteiger partial charge in [0.2, 0.25) is 0 Å². The number of rotatable bonds is 3. The molecule has 0 aromatic heterocycles. The molecule has 14 heavy (non-hydrogen) atoms. The van der Waals surface area contributed by atoms with Gasteiger partial charge in [-0.3, -0.25) is 0 Å². The molecule has 0 atom stereocenters. The summed E-state index contributed by atoms with van der Waals surface area (Å²) in [7, 11) is -3.89. The molecule has 0 saturated heterocycles. The summed E-state index contributed by atoms with van der Waals surface area (Å²) in [4.78, 5) is -0.0969. The highest BCUT2D eigenvalue weighted by Crippen LogP contribution is 2.23. The van der Waals surface area contributed by atoms with Crippen LogP contribution in [-0.4, -0.2) is 20.6 Å². The monoisotopic (exact) mass is 284 g/mol. The van der Waals surface area contributed by atoms with Gasteiger partial charge in [-0.15, -0.1) is 0 Å². The van der Waals surface area contributed by atoms with Crippen LogP contribution in [0.3, 0.4) is 0 Å². The van der Waals surface area contributed by atoms with Crippen LogP contribution in [0.15, 0.2) is 33.6 Å². The van der Waals surface area contributed by atoms with Crippen LogP contribution in [0.4, 0.5) is 8.78 Å². The minimum Gasteiger partial charge on any atom is -0.223 e. The number of benzene rings is 1. The van der Waals surface area contributed by atoms with E-state index in [0.29, 0.717) is 4.47 Å². The van der Waals surface area contributed by atoms with E-state index in [0.717, 1.165) is 0 Å². The van der Waals surface area contributed by atoms with Gasteiger partial charge in [-0.1, -0.05) is 12.1 Å². The summed E-state index contributed by atoms with van der Waals surface area (Å²) in [6.45, 7) is 0. The van der Waals surface area contributed by atoms with E-state index >= 15 is 0 Å². The zero-order valence-corrected chi connectivity index (χ0v) is 9.35. The maximum absolute atomic E-state index is 12.0. The maximum atomic E-state index is 12.0. The summed E-state index contributed by atoms with van der Waals surface area (Å²) in [6.07, 6.45) is -2.85. The molecule has 0 heterocycles. The van der Waals surface area contributed by atoms with Crippen molar-refractivity contribution in [1.29, 1.82) is 0 Å². The van der Waals surface area contributed by atoms with E-state index in [1.54, 1.807) is 6.07 Å². The molecule has 1 aromatic carbocycles. The molecule has 2 nitrogen and oxygen atoms in total. The number of alkyl halides is 2. The Labute approximate surface area is 89.0 Å². The van der Waals surface area contributed by atoms with Crippen LogP contribution in [0, 0.1) is 0 Å². The van der Waals surface area contributed by atoms with Gasteiger partial charge in [-0.05, 0) is 28.1 Å². The predicted octanol–water partition coefficient (Wildman–Crippen LogP) is 2.49. The van der Waals surface area contributed by atoms with Gasteiger partial charge in [0.25, 0.3) is 6.43 Å². The van der Waals surface area contributed by atoms with Gasteiger partial charge in [-0.25, -0.2) is 17.2 Å². The molecule has 0 aliphatic carbocycles. The van der Waals surface area contributed by atoms with Gasteiger partial charge in [0.05, 0.1) is 4.90 Å². The van der Waals surface area contributed by atoms with Crippen LogP contribution < -0.4 is 0 Å². The summed E-state index contributed by atoms with van der Waals surface area (Å²) < 4.78 is 46.9. The normalized spacial score (nSPS) is 12.0. The van der Waals surface area contributed by atoms with Crippen molar-refractivity contribution in [1.82, 2.24) is 0 Å². The standard InChI is InChI=1S/C8H7BrF2O2S/c9-6-3-1-2-4-7(6)14(12,13)5-8(10)11/h1-4,8H,5H2. The Morgan fingerprint density at radius 1 is 1.29 bits per heavy atom. The van der Waals surface area contributed by atoms with E-state index in [1.165, 1.54) is 18.2 Å². The summed E-state index contributed by atoms with van der Waals surface area (Å²) >= 11 is 3.00. The summed E-state index contributed by atoms with van der Waals surface area (Å²) in [5, 5.41) is 0. The molecule has 0 bridgehead atoms. The first-order valence-electron chi connectivity index (χ1n) is 3.69. The van der Waals surface area contributed by atoms with Crippen molar-refractivity contribution < 1.29 is 17.2 Å². The molecular formula is C8H7BrF2O2S. The molecule has 0 amide bonds. The van der Waals surface area contributed by atoms with Crippen LogP contribution in [-0.2, 0) is 9.84 Å². The van der Waals surface area contributed by atoms with Crippen LogP contribution in [0.25, 0.3) is 0 Å². The summed E-state index contributed by atoms with van der Waals surface area (Å²) in [5.74, 6) is -1.14. The Balaban J connectivity index is 3.11. The third-order valence-corrected chi connectivity index (χ3v) is 4.19. The lowest BCUT2D eigenvalue weighted by atomic mass is 10.4. The fourth-order valence-corrected chi connectivity index (χ4v) is 3.14. The average molecular weight is 285 g/mol. The lowest BCUT2D eigenvalue weighted by Crippen LogP contribution is -2.14. The first-order chi connectivity index (χ1) is 6.43. The van der Waals surface area contributed by atoms with Gasteiger partial charge in [-0.2, -0.15) is 0 Å². The predicted molar refractivity (Wildman–Crippen MR) is 52.2 cm³/mol. The minimum absolute atomic E-state index is 0.0969. The molecule has 1 rings (SSSR count). The lowest BCUT2D eigenvalue weighted by molar-refractivity contribution is 0.174. The quantitative estimate of drug-likeness (QED) is 0.855. The molecule has 0 unspecified atom stereocenters. The first-order valence-corrected chi connectivity index (χ1v) is 6.13. The van der Waals surface area contributed by atoms with E-state index < -0.39 is 22.0 Å². The molecule has 78 valence electrons. The van der Waals surface area contributed by atoms with Crippen molar-refractivity contribution in [3.05, 3.63) is 28.7 Å². The fourth-order valence-electron chi connectivity index (χ4n) is 0.953. The van der Waals surface area contributed by atoms with E-state index in [-0.39, 0.29) is 4.90 Å². The highest BCUT2D eigenvalue weighted by molar-refractivity contribution is 9.10. The average Bonchev–Trinajstić information content (AvgIpc) is 2.02. The zero-order valence-electron chi connectivity index (χ0n) is 6.95. The van der Waals surface area contributed by atoms with E-state index in [1.807, 2.05) is 0 Å². The van der Waals surface area contributed by atoms with Crippen LogP contribution in [0.1, 0.15) is 0 Å². The largest absolute Gasteiger partial charge is 0.252 e. The highest BCUT2D eigenvalue weighted by atomic mass is 79.9. The van der Waals surface area contributed by atoms with Gasteiger partial charge >= 0.3 is 0 Å². The Bertz CT molecular complexity index is 417. The van der Waals surface area contributed by atoms with Gasteiger partial charge in [0.1, 0.15) is 5.75 Å². The van der Waals surface area contributed by atoms with Crippen molar-refractivity contribution in [2.75, 3.05) is 5.75 Å². The van der Waals surface area contributed by atoms with E-state index in [2.05, 4.69) is 15.9 Å². The Kier molecular flexibility index (Phi) is 3.60. The Hall–Kier alpha value is -0.490. The second-order valence-corrected chi connectivity index (χ2v) is 5.46. The third kappa shape index (κ3) is 2.75.